The minimum Gasteiger partial charge on any atom is -0.392 e. The summed E-state index contributed by atoms with van der Waals surface area (Å²) in [5, 5.41) is 15.7. The molecule has 0 radical (unpaired) electrons. The summed E-state index contributed by atoms with van der Waals surface area (Å²) in [7, 11) is 0. The van der Waals surface area contributed by atoms with Crippen molar-refractivity contribution in [1.82, 2.24) is 15.3 Å². The molecule has 0 aliphatic rings. The first kappa shape index (κ1) is 23.3. The SMILES string of the molecule is C=N/C(=C\C(=C)Cl)c1cc(Nc2ccncc2C(=O)NCC(C)O)c(C(C)C)cn1. The van der Waals surface area contributed by atoms with Crippen LogP contribution >= 0.6 is 11.6 Å². The molecular weight excluding hydrogens is 402 g/mol. The van der Waals surface area contributed by atoms with Gasteiger partial charge in [0.05, 0.1) is 28.7 Å². The van der Waals surface area contributed by atoms with Gasteiger partial charge in [-0.25, -0.2) is 0 Å². The quantitative estimate of drug-likeness (QED) is 0.410. The van der Waals surface area contributed by atoms with E-state index in [1.165, 1.54) is 6.20 Å². The summed E-state index contributed by atoms with van der Waals surface area (Å²) >= 11 is 5.89. The van der Waals surface area contributed by atoms with E-state index in [1.54, 1.807) is 31.5 Å². The van der Waals surface area contributed by atoms with Crippen molar-refractivity contribution in [3.8, 4) is 0 Å². The van der Waals surface area contributed by atoms with Gasteiger partial charge in [-0.15, -0.1) is 0 Å². The number of amides is 1. The van der Waals surface area contributed by atoms with E-state index < -0.39 is 6.10 Å². The van der Waals surface area contributed by atoms with Crippen molar-refractivity contribution in [1.29, 1.82) is 0 Å². The van der Waals surface area contributed by atoms with Gasteiger partial charge < -0.3 is 15.7 Å². The second-order valence-electron chi connectivity index (χ2n) is 7.05. The zero-order valence-electron chi connectivity index (χ0n) is 17.3. The number of halogens is 1. The Morgan fingerprint density at radius 1 is 1.33 bits per heavy atom. The number of hydrogen-bond donors (Lipinski definition) is 3. The average Bonchev–Trinajstić information content (AvgIpc) is 2.70. The molecule has 30 heavy (non-hydrogen) atoms. The lowest BCUT2D eigenvalue weighted by atomic mass is 10.0. The van der Waals surface area contributed by atoms with Crippen LogP contribution in [0.15, 0.2) is 53.4 Å². The number of aliphatic hydroxyl groups is 1. The van der Waals surface area contributed by atoms with Crippen molar-refractivity contribution in [3.63, 3.8) is 0 Å². The summed E-state index contributed by atoms with van der Waals surface area (Å²) in [6.45, 7) is 13.1. The number of pyridine rings is 2. The van der Waals surface area contributed by atoms with Crippen LogP contribution < -0.4 is 10.6 Å². The largest absolute Gasteiger partial charge is 0.392 e. The number of rotatable bonds is 9. The maximum absolute atomic E-state index is 12.6. The molecule has 0 saturated carbocycles. The van der Waals surface area contributed by atoms with Crippen molar-refractivity contribution in [2.24, 2.45) is 4.99 Å². The average molecular weight is 428 g/mol. The molecule has 158 valence electrons. The lowest BCUT2D eigenvalue weighted by Crippen LogP contribution is -2.31. The van der Waals surface area contributed by atoms with Gasteiger partial charge in [-0.05, 0) is 43.3 Å². The molecule has 2 aromatic rings. The Bertz CT molecular complexity index is 970. The summed E-state index contributed by atoms with van der Waals surface area (Å²) in [6, 6.07) is 3.54. The first-order valence-corrected chi connectivity index (χ1v) is 9.81. The van der Waals surface area contributed by atoms with E-state index in [9.17, 15) is 9.90 Å². The number of aromatic nitrogens is 2. The minimum absolute atomic E-state index is 0.144. The molecule has 0 fully saturated rings. The molecule has 1 amide bonds. The van der Waals surface area contributed by atoms with Crippen LogP contribution in [0.2, 0.25) is 0 Å². The highest BCUT2D eigenvalue weighted by Crippen LogP contribution is 2.30. The molecule has 2 rings (SSSR count). The summed E-state index contributed by atoms with van der Waals surface area (Å²) in [5.41, 5.74) is 3.70. The van der Waals surface area contributed by atoms with Gasteiger partial charge in [-0.3, -0.25) is 19.8 Å². The second kappa shape index (κ2) is 10.7. The molecule has 2 heterocycles. The van der Waals surface area contributed by atoms with Crippen LogP contribution in [0, 0.1) is 0 Å². The molecule has 1 atom stereocenters. The summed E-state index contributed by atoms with van der Waals surface area (Å²) in [6.07, 6.45) is 5.76. The number of nitrogens with one attached hydrogen (secondary N) is 2. The lowest BCUT2D eigenvalue weighted by Gasteiger charge is -2.18. The third-order valence-corrected chi connectivity index (χ3v) is 4.29. The Balaban J connectivity index is 2.47. The summed E-state index contributed by atoms with van der Waals surface area (Å²) < 4.78 is 0. The fourth-order valence-electron chi connectivity index (χ4n) is 2.69. The predicted octanol–water partition coefficient (Wildman–Crippen LogP) is 4.25. The van der Waals surface area contributed by atoms with Crippen LogP contribution in [-0.4, -0.2) is 40.3 Å². The van der Waals surface area contributed by atoms with Crippen LogP contribution in [0.5, 0.6) is 0 Å². The van der Waals surface area contributed by atoms with E-state index in [4.69, 9.17) is 11.6 Å². The van der Waals surface area contributed by atoms with Gasteiger partial charge in [0.15, 0.2) is 0 Å². The van der Waals surface area contributed by atoms with Gasteiger partial charge in [-0.2, -0.15) is 0 Å². The molecule has 7 nitrogen and oxygen atoms in total. The number of carbonyl (C=O) groups is 1. The predicted molar refractivity (Wildman–Crippen MR) is 122 cm³/mol. The van der Waals surface area contributed by atoms with Crippen molar-refractivity contribution >= 4 is 41.3 Å². The second-order valence-corrected chi connectivity index (χ2v) is 7.54. The van der Waals surface area contributed by atoms with Gasteiger partial charge >= 0.3 is 0 Å². The van der Waals surface area contributed by atoms with Crippen LogP contribution in [0.3, 0.4) is 0 Å². The highest BCUT2D eigenvalue weighted by Gasteiger charge is 2.16. The Kier molecular flexibility index (Phi) is 8.26. The van der Waals surface area contributed by atoms with Gasteiger partial charge in [0.1, 0.15) is 0 Å². The minimum atomic E-state index is -0.648. The fraction of sp³-hybridized carbons (Fsp3) is 0.273. The molecule has 0 aromatic carbocycles. The molecule has 0 bridgehead atoms. The first-order valence-electron chi connectivity index (χ1n) is 9.43. The number of carbonyl (C=O) groups excluding carboxylic acids is 1. The zero-order valence-corrected chi connectivity index (χ0v) is 18.1. The number of allylic oxidation sites excluding steroid dienone is 2. The highest BCUT2D eigenvalue weighted by molar-refractivity contribution is 6.31. The van der Waals surface area contributed by atoms with Crippen LogP contribution in [-0.2, 0) is 0 Å². The molecule has 0 saturated heterocycles. The van der Waals surface area contributed by atoms with Crippen LogP contribution in [0.25, 0.3) is 5.70 Å². The van der Waals surface area contributed by atoms with E-state index in [-0.39, 0.29) is 18.4 Å². The van der Waals surface area contributed by atoms with E-state index >= 15 is 0 Å². The Labute approximate surface area is 181 Å². The van der Waals surface area contributed by atoms with E-state index in [0.29, 0.717) is 27.7 Å². The molecule has 8 heteroatoms. The van der Waals surface area contributed by atoms with Crippen molar-refractivity contribution in [2.45, 2.75) is 32.8 Å². The van der Waals surface area contributed by atoms with Crippen molar-refractivity contribution in [2.75, 3.05) is 11.9 Å². The zero-order chi connectivity index (χ0) is 22.3. The van der Waals surface area contributed by atoms with Gasteiger partial charge in [0.2, 0.25) is 0 Å². The number of aliphatic hydroxyl groups excluding tert-OH is 1. The van der Waals surface area contributed by atoms with Crippen LogP contribution in [0.1, 0.15) is 48.3 Å². The van der Waals surface area contributed by atoms with E-state index in [0.717, 1.165) is 11.3 Å². The van der Waals surface area contributed by atoms with E-state index in [1.807, 2.05) is 19.9 Å². The van der Waals surface area contributed by atoms with Gasteiger partial charge in [0.25, 0.3) is 5.91 Å². The monoisotopic (exact) mass is 427 g/mol. The maximum atomic E-state index is 12.6. The Morgan fingerprint density at radius 3 is 2.67 bits per heavy atom. The number of hydrogen-bond acceptors (Lipinski definition) is 6. The number of anilines is 2. The normalized spacial score (nSPS) is 12.4. The molecule has 1 unspecified atom stereocenters. The van der Waals surface area contributed by atoms with Crippen molar-refractivity contribution < 1.29 is 9.90 Å². The maximum Gasteiger partial charge on any atom is 0.255 e. The fourth-order valence-corrected chi connectivity index (χ4v) is 2.79. The molecule has 0 spiro atoms. The lowest BCUT2D eigenvalue weighted by molar-refractivity contribution is 0.0924. The standard InChI is InChI=1S/C22H26ClN5O2/c1-13(2)16-12-26-21(20(24-5)8-14(3)23)9-19(16)28-18-6-7-25-11-17(18)22(30)27-10-15(4)29/h6-9,11-13,15,29H,3,5,10H2,1-2,4H3,(H,27,30)(H,25,26,28)/b20-8-. The Hall–Kier alpha value is -3.03. The third kappa shape index (κ3) is 6.23. The first-order chi connectivity index (χ1) is 14.2. The summed E-state index contributed by atoms with van der Waals surface area (Å²) in [5.74, 6) is -0.158. The van der Waals surface area contributed by atoms with Crippen molar-refractivity contribution in [3.05, 3.63) is 65.2 Å². The smallest absolute Gasteiger partial charge is 0.255 e. The third-order valence-electron chi connectivity index (χ3n) is 4.18. The van der Waals surface area contributed by atoms with Gasteiger partial charge in [-0.1, -0.05) is 32.0 Å². The number of aliphatic imine (C=N–C) groups is 1. The van der Waals surface area contributed by atoms with E-state index in [2.05, 4.69) is 38.9 Å². The molecule has 3 N–H and O–H groups in total. The Morgan fingerprint density at radius 2 is 2.07 bits per heavy atom. The van der Waals surface area contributed by atoms with Crippen LogP contribution in [0.4, 0.5) is 11.4 Å². The molecule has 0 aliphatic carbocycles. The summed E-state index contributed by atoms with van der Waals surface area (Å²) in [4.78, 5) is 25.1. The number of nitrogens with zero attached hydrogens (tertiary/aromatic N) is 3. The highest BCUT2D eigenvalue weighted by atomic mass is 35.5. The molecular formula is C22H26ClN5O2. The topological polar surface area (TPSA) is 99.5 Å². The molecule has 2 aromatic heterocycles. The molecule has 0 aliphatic heterocycles. The van der Waals surface area contributed by atoms with Gasteiger partial charge in [0, 0.05) is 35.9 Å².